The Morgan fingerprint density at radius 2 is 1.88 bits per heavy atom. The third kappa shape index (κ3) is 3.29. The van der Waals surface area contributed by atoms with E-state index in [1.807, 2.05) is 12.1 Å². The maximum absolute atomic E-state index is 10.9. The molecule has 2 rings (SSSR count). The van der Waals surface area contributed by atoms with Gasteiger partial charge in [0.2, 0.25) is 0 Å². The quantitative estimate of drug-likeness (QED) is 0.580. The minimum absolute atomic E-state index is 0.268. The van der Waals surface area contributed by atoms with Crippen molar-refractivity contribution in [2.75, 3.05) is 0 Å². The van der Waals surface area contributed by atoms with Gasteiger partial charge in [0.05, 0.1) is 4.92 Å². The van der Waals surface area contributed by atoms with Gasteiger partial charge in [0, 0.05) is 11.6 Å². The summed E-state index contributed by atoms with van der Waals surface area (Å²) in [5, 5.41) is 10.9. The molecule has 0 aromatic heterocycles. The first-order chi connectivity index (χ1) is 8.27. The molecule has 1 aromatic rings. The van der Waals surface area contributed by atoms with Crippen LogP contribution < -0.4 is 0 Å². The zero-order valence-corrected chi connectivity index (χ0v) is 10.1. The Morgan fingerprint density at radius 3 is 2.59 bits per heavy atom. The number of hydrogen-bond acceptors (Lipinski definition) is 2. The zero-order chi connectivity index (χ0) is 12.1. The van der Waals surface area contributed by atoms with Crippen molar-refractivity contribution in [3.05, 3.63) is 39.9 Å². The van der Waals surface area contributed by atoms with Gasteiger partial charge in [-0.25, -0.2) is 0 Å². The lowest BCUT2D eigenvalue weighted by Crippen LogP contribution is -2.07. The van der Waals surface area contributed by atoms with Gasteiger partial charge in [-0.2, -0.15) is 0 Å². The molecular formula is C14H19NO2. The van der Waals surface area contributed by atoms with Gasteiger partial charge >= 0.3 is 0 Å². The lowest BCUT2D eigenvalue weighted by Gasteiger charge is -2.21. The minimum Gasteiger partial charge on any atom is -0.258 e. The Balaban J connectivity index is 1.96. The fraction of sp³-hybridized carbons (Fsp3) is 0.571. The van der Waals surface area contributed by atoms with Crippen molar-refractivity contribution in [3.63, 3.8) is 0 Å². The lowest BCUT2D eigenvalue weighted by molar-refractivity contribution is -0.385. The molecule has 1 aliphatic rings. The fourth-order valence-corrected chi connectivity index (χ4v) is 2.74. The van der Waals surface area contributed by atoms with E-state index in [9.17, 15) is 10.1 Å². The summed E-state index contributed by atoms with van der Waals surface area (Å²) in [6.07, 6.45) is 8.60. The third-order valence-electron chi connectivity index (χ3n) is 3.73. The van der Waals surface area contributed by atoms with Crippen LogP contribution in [0.3, 0.4) is 0 Å². The molecule has 1 aromatic carbocycles. The highest BCUT2D eigenvalue weighted by molar-refractivity contribution is 5.39. The number of para-hydroxylation sites is 1. The SMILES string of the molecule is O=[N+]([O-])c1ccccc1CCC1CCCCC1. The average molecular weight is 233 g/mol. The molecule has 3 heteroatoms. The third-order valence-corrected chi connectivity index (χ3v) is 3.73. The molecular weight excluding hydrogens is 214 g/mol. The average Bonchev–Trinajstić information content (AvgIpc) is 2.38. The number of nitro groups is 1. The smallest absolute Gasteiger partial charge is 0.258 e. The maximum Gasteiger partial charge on any atom is 0.272 e. The Hall–Kier alpha value is -1.38. The van der Waals surface area contributed by atoms with Crippen LogP contribution >= 0.6 is 0 Å². The second-order valence-electron chi connectivity index (χ2n) is 4.93. The molecule has 0 spiro atoms. The van der Waals surface area contributed by atoms with E-state index >= 15 is 0 Å². The maximum atomic E-state index is 10.9. The Morgan fingerprint density at radius 1 is 1.18 bits per heavy atom. The number of nitro benzene ring substituents is 1. The van der Waals surface area contributed by atoms with Gasteiger partial charge in [-0.05, 0) is 18.8 Å². The molecule has 92 valence electrons. The van der Waals surface area contributed by atoms with Crippen molar-refractivity contribution in [1.29, 1.82) is 0 Å². The molecule has 0 aliphatic heterocycles. The van der Waals surface area contributed by atoms with Crippen molar-refractivity contribution in [1.82, 2.24) is 0 Å². The molecule has 0 N–H and O–H groups in total. The molecule has 0 unspecified atom stereocenters. The first-order valence-corrected chi connectivity index (χ1v) is 6.49. The molecule has 0 atom stereocenters. The van der Waals surface area contributed by atoms with Gasteiger partial charge in [0.15, 0.2) is 0 Å². The van der Waals surface area contributed by atoms with E-state index < -0.39 is 0 Å². The molecule has 3 nitrogen and oxygen atoms in total. The van der Waals surface area contributed by atoms with Gasteiger partial charge in [-0.1, -0.05) is 50.3 Å². The van der Waals surface area contributed by atoms with Gasteiger partial charge < -0.3 is 0 Å². The number of hydrogen-bond donors (Lipinski definition) is 0. The predicted molar refractivity (Wildman–Crippen MR) is 68.0 cm³/mol. The summed E-state index contributed by atoms with van der Waals surface area (Å²) in [6, 6.07) is 7.13. The summed E-state index contributed by atoms with van der Waals surface area (Å²) >= 11 is 0. The van der Waals surface area contributed by atoms with Crippen molar-refractivity contribution < 1.29 is 4.92 Å². The summed E-state index contributed by atoms with van der Waals surface area (Å²) in [6.45, 7) is 0. The molecule has 0 heterocycles. The summed E-state index contributed by atoms with van der Waals surface area (Å²) in [5.41, 5.74) is 1.17. The molecule has 0 bridgehead atoms. The largest absolute Gasteiger partial charge is 0.272 e. The van der Waals surface area contributed by atoms with Crippen molar-refractivity contribution in [3.8, 4) is 0 Å². The molecule has 1 aliphatic carbocycles. The van der Waals surface area contributed by atoms with Gasteiger partial charge in [-0.15, -0.1) is 0 Å². The van der Waals surface area contributed by atoms with Crippen LogP contribution in [0.15, 0.2) is 24.3 Å². The van der Waals surface area contributed by atoms with Gasteiger partial charge in [0.1, 0.15) is 0 Å². The highest BCUT2D eigenvalue weighted by Crippen LogP contribution is 2.29. The van der Waals surface area contributed by atoms with Crippen LogP contribution in [-0.4, -0.2) is 4.92 Å². The number of aryl methyl sites for hydroxylation is 1. The van der Waals surface area contributed by atoms with E-state index in [0.717, 1.165) is 24.3 Å². The van der Waals surface area contributed by atoms with E-state index in [-0.39, 0.29) is 10.6 Å². The first-order valence-electron chi connectivity index (χ1n) is 6.49. The van der Waals surface area contributed by atoms with E-state index in [1.54, 1.807) is 12.1 Å². The number of nitrogens with zero attached hydrogens (tertiary/aromatic N) is 1. The predicted octanol–water partition coefficient (Wildman–Crippen LogP) is 4.11. The molecule has 1 fully saturated rings. The normalized spacial score (nSPS) is 16.9. The van der Waals surface area contributed by atoms with E-state index in [1.165, 1.54) is 32.1 Å². The van der Waals surface area contributed by atoms with Crippen LogP contribution in [0.4, 0.5) is 5.69 Å². The van der Waals surface area contributed by atoms with Crippen LogP contribution in [0.1, 0.15) is 44.1 Å². The molecule has 0 saturated heterocycles. The first kappa shape index (κ1) is 12.1. The second-order valence-corrected chi connectivity index (χ2v) is 4.93. The number of rotatable bonds is 4. The molecule has 17 heavy (non-hydrogen) atoms. The molecule has 0 amide bonds. The summed E-state index contributed by atoms with van der Waals surface area (Å²) in [5.74, 6) is 0.781. The van der Waals surface area contributed by atoms with E-state index in [4.69, 9.17) is 0 Å². The Bertz CT molecular complexity index is 384. The minimum atomic E-state index is -0.268. The topological polar surface area (TPSA) is 43.1 Å². The van der Waals surface area contributed by atoms with Crippen LogP contribution in [0.2, 0.25) is 0 Å². The Kier molecular flexibility index (Phi) is 4.13. The van der Waals surface area contributed by atoms with Crippen LogP contribution in [0.5, 0.6) is 0 Å². The summed E-state index contributed by atoms with van der Waals surface area (Å²) in [7, 11) is 0. The second kappa shape index (κ2) is 5.80. The van der Waals surface area contributed by atoms with Crippen molar-refractivity contribution >= 4 is 5.69 Å². The Labute approximate surface area is 102 Å². The van der Waals surface area contributed by atoms with E-state index in [0.29, 0.717) is 0 Å². The summed E-state index contributed by atoms with van der Waals surface area (Å²) in [4.78, 5) is 10.6. The number of benzene rings is 1. The standard InChI is InChI=1S/C14H19NO2/c16-15(17)14-9-5-4-8-13(14)11-10-12-6-2-1-3-7-12/h4-5,8-9,12H,1-3,6-7,10-11H2. The van der Waals surface area contributed by atoms with Crippen LogP contribution in [0, 0.1) is 16.0 Å². The van der Waals surface area contributed by atoms with Gasteiger partial charge in [0.25, 0.3) is 5.69 Å². The summed E-state index contributed by atoms with van der Waals surface area (Å²) < 4.78 is 0. The fourth-order valence-electron chi connectivity index (χ4n) is 2.74. The van der Waals surface area contributed by atoms with Crippen LogP contribution in [-0.2, 0) is 6.42 Å². The van der Waals surface area contributed by atoms with Crippen molar-refractivity contribution in [2.24, 2.45) is 5.92 Å². The van der Waals surface area contributed by atoms with Gasteiger partial charge in [-0.3, -0.25) is 10.1 Å². The van der Waals surface area contributed by atoms with E-state index in [2.05, 4.69) is 0 Å². The monoisotopic (exact) mass is 233 g/mol. The van der Waals surface area contributed by atoms with Crippen LogP contribution in [0.25, 0.3) is 0 Å². The highest BCUT2D eigenvalue weighted by Gasteiger charge is 2.16. The highest BCUT2D eigenvalue weighted by atomic mass is 16.6. The lowest BCUT2D eigenvalue weighted by atomic mass is 9.85. The van der Waals surface area contributed by atoms with Crippen molar-refractivity contribution in [2.45, 2.75) is 44.9 Å². The molecule has 0 radical (unpaired) electrons. The zero-order valence-electron chi connectivity index (χ0n) is 10.1. The molecule has 1 saturated carbocycles.